The molecule has 0 aliphatic rings. The molecule has 1 aromatic rings. The van der Waals surface area contributed by atoms with Gasteiger partial charge in [-0.05, 0) is 17.7 Å². The summed E-state index contributed by atoms with van der Waals surface area (Å²) in [6.07, 6.45) is 1.66. The molecule has 0 spiro atoms. The van der Waals surface area contributed by atoms with Crippen molar-refractivity contribution in [1.29, 1.82) is 0 Å². The number of hydrogen-bond donors (Lipinski definition) is 0. The van der Waals surface area contributed by atoms with Gasteiger partial charge in [0.15, 0.2) is 0 Å². The molecular formula is C9H7NO2. The number of hydrogen-bond acceptors (Lipinski definition) is 2. The highest BCUT2D eigenvalue weighted by Crippen LogP contribution is 2.06. The number of benzene rings is 1. The first kappa shape index (κ1) is 8.33. The highest BCUT2D eigenvalue weighted by molar-refractivity contribution is 5.94. The Kier molecular flexibility index (Phi) is 2.48. The van der Waals surface area contributed by atoms with E-state index in [0.29, 0.717) is 5.56 Å². The van der Waals surface area contributed by atoms with Crippen LogP contribution >= 0.6 is 0 Å². The smallest absolute Gasteiger partial charge is 0.263 e. The standard InChI is InChI=1S/C9H7NO2/c1-2-7-3-5-8(6-4-7)9(11)10-12/h2-6H,1H2. The maximum absolute atomic E-state index is 10.7. The fourth-order valence-electron chi connectivity index (χ4n) is 0.814. The molecule has 1 rings (SSSR count). The lowest BCUT2D eigenvalue weighted by Gasteiger charge is -1.93. The predicted octanol–water partition coefficient (Wildman–Crippen LogP) is 2.24. The first-order valence-electron chi connectivity index (χ1n) is 3.38. The summed E-state index contributed by atoms with van der Waals surface area (Å²) in [6.45, 7) is 3.56. The lowest BCUT2D eigenvalue weighted by Crippen LogP contribution is -1.92. The van der Waals surface area contributed by atoms with E-state index in [1.807, 2.05) is 0 Å². The van der Waals surface area contributed by atoms with Gasteiger partial charge in [-0.15, -0.1) is 4.91 Å². The van der Waals surface area contributed by atoms with Crippen molar-refractivity contribution in [3.05, 3.63) is 46.9 Å². The second-order valence-corrected chi connectivity index (χ2v) is 2.22. The van der Waals surface area contributed by atoms with E-state index in [2.05, 4.69) is 11.8 Å². The second-order valence-electron chi connectivity index (χ2n) is 2.22. The highest BCUT2D eigenvalue weighted by Gasteiger charge is 2.02. The van der Waals surface area contributed by atoms with Gasteiger partial charge in [0.1, 0.15) is 0 Å². The Bertz CT molecular complexity index is 314. The van der Waals surface area contributed by atoms with Crippen molar-refractivity contribution in [3.8, 4) is 0 Å². The monoisotopic (exact) mass is 161 g/mol. The van der Waals surface area contributed by atoms with Crippen molar-refractivity contribution >= 4 is 12.0 Å². The molecule has 1 amide bonds. The molecule has 60 valence electrons. The van der Waals surface area contributed by atoms with Crippen LogP contribution in [0, 0.1) is 4.91 Å². The molecule has 0 saturated heterocycles. The molecule has 0 aliphatic carbocycles. The lowest BCUT2D eigenvalue weighted by molar-refractivity contribution is 0.100. The molecule has 12 heavy (non-hydrogen) atoms. The molecular weight excluding hydrogens is 154 g/mol. The maximum Gasteiger partial charge on any atom is 0.316 e. The number of rotatable bonds is 2. The van der Waals surface area contributed by atoms with Crippen molar-refractivity contribution in [2.45, 2.75) is 0 Å². The summed E-state index contributed by atoms with van der Waals surface area (Å²) in [4.78, 5) is 20.5. The Morgan fingerprint density at radius 1 is 1.33 bits per heavy atom. The third-order valence-corrected chi connectivity index (χ3v) is 1.48. The third kappa shape index (κ3) is 1.63. The SMILES string of the molecule is C=Cc1ccc(C(=O)N=O)cc1. The zero-order valence-corrected chi connectivity index (χ0v) is 6.36. The molecule has 1 aromatic carbocycles. The van der Waals surface area contributed by atoms with E-state index in [9.17, 15) is 9.70 Å². The van der Waals surface area contributed by atoms with Gasteiger partial charge in [0.25, 0.3) is 0 Å². The molecule has 3 heteroatoms. The average molecular weight is 161 g/mol. The fraction of sp³-hybridized carbons (Fsp3) is 0. The van der Waals surface area contributed by atoms with Crippen molar-refractivity contribution in [2.75, 3.05) is 0 Å². The number of amides is 1. The minimum absolute atomic E-state index is 0.301. The Morgan fingerprint density at radius 3 is 2.33 bits per heavy atom. The minimum atomic E-state index is -0.745. The van der Waals surface area contributed by atoms with E-state index >= 15 is 0 Å². The van der Waals surface area contributed by atoms with Gasteiger partial charge in [-0.25, -0.2) is 0 Å². The van der Waals surface area contributed by atoms with E-state index in [1.54, 1.807) is 30.3 Å². The largest absolute Gasteiger partial charge is 0.316 e. The average Bonchev–Trinajstić information content (AvgIpc) is 2.17. The summed E-state index contributed by atoms with van der Waals surface area (Å²) < 4.78 is 0. The number of nitrogens with zero attached hydrogens (tertiary/aromatic N) is 1. The summed E-state index contributed by atoms with van der Waals surface area (Å²) in [5, 5.41) is 2.30. The van der Waals surface area contributed by atoms with Gasteiger partial charge in [0, 0.05) is 10.7 Å². The number of carbonyl (C=O) groups is 1. The van der Waals surface area contributed by atoms with Crippen LogP contribution in [0.2, 0.25) is 0 Å². The summed E-state index contributed by atoms with van der Waals surface area (Å²) in [5.41, 5.74) is 1.20. The zero-order valence-electron chi connectivity index (χ0n) is 6.36. The van der Waals surface area contributed by atoms with Crippen molar-refractivity contribution < 1.29 is 4.79 Å². The van der Waals surface area contributed by atoms with Gasteiger partial charge in [-0.1, -0.05) is 24.8 Å². The molecule has 0 heterocycles. The van der Waals surface area contributed by atoms with Crippen LogP contribution in [0.25, 0.3) is 6.08 Å². The van der Waals surface area contributed by atoms with Crippen LogP contribution in [-0.4, -0.2) is 5.91 Å². The van der Waals surface area contributed by atoms with Crippen LogP contribution < -0.4 is 0 Å². The van der Waals surface area contributed by atoms with Gasteiger partial charge in [0.2, 0.25) is 0 Å². The number of carbonyl (C=O) groups excluding carboxylic acids is 1. The zero-order chi connectivity index (χ0) is 8.97. The predicted molar refractivity (Wildman–Crippen MR) is 46.7 cm³/mol. The van der Waals surface area contributed by atoms with Crippen LogP contribution in [0.4, 0.5) is 0 Å². The van der Waals surface area contributed by atoms with Crippen LogP contribution in [0.15, 0.2) is 36.0 Å². The first-order chi connectivity index (χ1) is 5.77. The van der Waals surface area contributed by atoms with E-state index < -0.39 is 5.91 Å². The Hall–Kier alpha value is -1.77. The van der Waals surface area contributed by atoms with Gasteiger partial charge < -0.3 is 0 Å². The molecule has 0 atom stereocenters. The van der Waals surface area contributed by atoms with Crippen LogP contribution in [-0.2, 0) is 0 Å². The van der Waals surface area contributed by atoms with E-state index in [0.717, 1.165) is 5.56 Å². The van der Waals surface area contributed by atoms with E-state index in [4.69, 9.17) is 0 Å². The van der Waals surface area contributed by atoms with Gasteiger partial charge in [-0.2, -0.15) is 0 Å². The van der Waals surface area contributed by atoms with Gasteiger partial charge in [0.05, 0.1) is 0 Å². The van der Waals surface area contributed by atoms with Crippen molar-refractivity contribution in [3.63, 3.8) is 0 Å². The summed E-state index contributed by atoms with van der Waals surface area (Å²) >= 11 is 0. The summed E-state index contributed by atoms with van der Waals surface area (Å²) in [5.74, 6) is -0.745. The summed E-state index contributed by atoms with van der Waals surface area (Å²) in [7, 11) is 0. The Morgan fingerprint density at radius 2 is 1.92 bits per heavy atom. The molecule has 0 N–H and O–H groups in total. The Balaban J connectivity index is 2.99. The molecule has 3 nitrogen and oxygen atoms in total. The van der Waals surface area contributed by atoms with Gasteiger partial charge >= 0.3 is 5.91 Å². The quantitative estimate of drug-likeness (QED) is 0.624. The molecule has 0 aliphatic heterocycles. The molecule has 0 bridgehead atoms. The topological polar surface area (TPSA) is 46.5 Å². The minimum Gasteiger partial charge on any atom is -0.263 e. The van der Waals surface area contributed by atoms with Crippen molar-refractivity contribution in [1.82, 2.24) is 0 Å². The second kappa shape index (κ2) is 3.57. The molecule has 0 unspecified atom stereocenters. The lowest BCUT2D eigenvalue weighted by atomic mass is 10.1. The van der Waals surface area contributed by atoms with Gasteiger partial charge in [-0.3, -0.25) is 4.79 Å². The van der Waals surface area contributed by atoms with E-state index in [-0.39, 0.29) is 0 Å². The fourth-order valence-corrected chi connectivity index (χ4v) is 0.814. The molecule has 0 aromatic heterocycles. The maximum atomic E-state index is 10.7. The van der Waals surface area contributed by atoms with Crippen LogP contribution in [0.1, 0.15) is 15.9 Å². The van der Waals surface area contributed by atoms with E-state index in [1.165, 1.54) is 0 Å². The molecule has 0 radical (unpaired) electrons. The van der Waals surface area contributed by atoms with Crippen molar-refractivity contribution in [2.24, 2.45) is 5.18 Å². The Labute approximate surface area is 69.7 Å². The third-order valence-electron chi connectivity index (χ3n) is 1.48. The van der Waals surface area contributed by atoms with Crippen LogP contribution in [0.5, 0.6) is 0 Å². The van der Waals surface area contributed by atoms with Crippen LogP contribution in [0.3, 0.4) is 0 Å². The molecule has 0 fully saturated rings. The number of nitroso groups, excluding NO2 is 1. The summed E-state index contributed by atoms with van der Waals surface area (Å²) in [6, 6.07) is 6.48. The molecule has 0 saturated carbocycles. The normalized spacial score (nSPS) is 9.00. The highest BCUT2D eigenvalue weighted by atomic mass is 16.3. The first-order valence-corrected chi connectivity index (χ1v) is 3.38.